The molecule has 0 atom stereocenters. The number of carbonyl (C=O) groups excluding carboxylic acids is 2. The molecule has 1 radical (unpaired) electrons. The minimum atomic E-state index is -0.279. The largest absolute Gasteiger partial charge is 2.00 e. The molecule has 0 amide bonds. The summed E-state index contributed by atoms with van der Waals surface area (Å²) in [7, 11) is 2.79. The Bertz CT molecular complexity index is 1770. The number of ether oxygens (including phenoxy) is 2. The molecule has 0 unspecified atom stereocenters. The van der Waals surface area contributed by atoms with Gasteiger partial charge in [0.05, 0.1) is 37.0 Å². The zero-order valence-electron chi connectivity index (χ0n) is 24.5. The average Bonchev–Trinajstić information content (AvgIpc) is 3.62. The zero-order valence-corrected chi connectivity index (χ0v) is 26.4. The van der Waals surface area contributed by atoms with Crippen LogP contribution in [0, 0.1) is 13.8 Å². The van der Waals surface area contributed by atoms with E-state index in [0.717, 1.165) is 78.3 Å². The molecule has 0 N–H and O–H groups in total. The molecule has 0 aliphatic carbocycles. The van der Waals surface area contributed by atoms with Gasteiger partial charge in [-0.2, -0.15) is 0 Å². The first kappa shape index (κ1) is 32.9. The summed E-state index contributed by atoms with van der Waals surface area (Å²) in [5.41, 5.74) is 12.4. The van der Waals surface area contributed by atoms with Crippen molar-refractivity contribution in [2.45, 2.75) is 53.4 Å². The normalized spacial score (nSPS) is 12.3. The van der Waals surface area contributed by atoms with Crippen LogP contribution in [-0.2, 0) is 42.6 Å². The topological polar surface area (TPSA) is 107 Å². The Labute approximate surface area is 261 Å². The van der Waals surface area contributed by atoms with Gasteiger partial charge in [-0.05, 0) is 63.3 Å². The Kier molecular flexibility index (Phi) is 10.6. The van der Waals surface area contributed by atoms with Crippen molar-refractivity contribution in [3.63, 3.8) is 0 Å². The molecule has 0 saturated carbocycles. The predicted octanol–water partition coefficient (Wildman–Crippen LogP) is 2.74. The zero-order chi connectivity index (χ0) is 28.6. The van der Waals surface area contributed by atoms with Gasteiger partial charge < -0.3 is 31.8 Å². The summed E-state index contributed by atoms with van der Waals surface area (Å²) < 4.78 is 9.80. The first-order chi connectivity index (χ1) is 19.2. The second-order valence-electron chi connectivity index (χ2n) is 10.2. The van der Waals surface area contributed by atoms with Gasteiger partial charge in [-0.25, -0.2) is 9.97 Å². The molecule has 5 rings (SSSR count). The number of carbonyl (C=O) groups is 2. The van der Waals surface area contributed by atoms with E-state index in [0.29, 0.717) is 12.8 Å². The molecular formula is C32H32ClMnN4O4-. The van der Waals surface area contributed by atoms with Crippen LogP contribution in [0.5, 0.6) is 0 Å². The van der Waals surface area contributed by atoms with Crippen LogP contribution in [0.4, 0.5) is 0 Å². The fourth-order valence-electron chi connectivity index (χ4n) is 5.15. The summed E-state index contributed by atoms with van der Waals surface area (Å²) in [6.07, 6.45) is 3.47. The third-order valence-corrected chi connectivity index (χ3v) is 7.54. The minimum absolute atomic E-state index is 0. The van der Waals surface area contributed by atoms with E-state index >= 15 is 0 Å². The number of rotatable bonds is 6. The van der Waals surface area contributed by atoms with Gasteiger partial charge in [0.2, 0.25) is 0 Å². The molecule has 2 aliphatic rings. The Morgan fingerprint density at radius 3 is 2.12 bits per heavy atom. The van der Waals surface area contributed by atoms with Gasteiger partial charge >= 0.3 is 29.0 Å². The summed E-state index contributed by atoms with van der Waals surface area (Å²) in [4.78, 5) is 43.7. The van der Waals surface area contributed by atoms with Crippen molar-refractivity contribution in [1.29, 1.82) is 0 Å². The van der Waals surface area contributed by atoms with Crippen LogP contribution < -0.4 is 22.4 Å². The van der Waals surface area contributed by atoms with Crippen molar-refractivity contribution < 1.29 is 48.5 Å². The van der Waals surface area contributed by atoms with E-state index in [2.05, 4.69) is 0 Å². The van der Waals surface area contributed by atoms with Gasteiger partial charge in [-0.15, -0.1) is 22.1 Å². The molecular weight excluding hydrogens is 595 g/mol. The number of fused-ring (bicyclic) bond motifs is 8. The fraction of sp³-hybridized carbons (Fsp3) is 0.312. The van der Waals surface area contributed by atoms with Gasteiger partial charge in [0.1, 0.15) is 0 Å². The van der Waals surface area contributed by atoms with Gasteiger partial charge in [0.15, 0.2) is 0 Å². The number of aryl methyl sites for hydroxylation is 3. The van der Waals surface area contributed by atoms with Crippen LogP contribution in [0.3, 0.4) is 0 Å². The van der Waals surface area contributed by atoms with Crippen LogP contribution >= 0.6 is 0 Å². The molecule has 5 heterocycles. The van der Waals surface area contributed by atoms with Crippen molar-refractivity contribution in [3.05, 3.63) is 69.8 Å². The first-order valence-corrected chi connectivity index (χ1v) is 13.3. The number of aromatic nitrogens is 4. The smallest absolute Gasteiger partial charge is 1.00 e. The first-order valence-electron chi connectivity index (χ1n) is 13.3. The Morgan fingerprint density at radius 1 is 0.762 bits per heavy atom. The number of hydrogen-bond donors (Lipinski definition) is 0. The molecule has 3 aromatic heterocycles. The van der Waals surface area contributed by atoms with Crippen molar-refractivity contribution in [2.75, 3.05) is 14.2 Å². The number of esters is 2. The summed E-state index contributed by atoms with van der Waals surface area (Å²) in [6.45, 7) is 8.10. The molecule has 8 nitrogen and oxygen atoms in total. The van der Waals surface area contributed by atoms with E-state index < -0.39 is 0 Å². The van der Waals surface area contributed by atoms with Gasteiger partial charge in [-0.3, -0.25) is 9.59 Å². The summed E-state index contributed by atoms with van der Waals surface area (Å²) >= 11 is 0. The van der Waals surface area contributed by atoms with Gasteiger partial charge in [-0.1, -0.05) is 47.0 Å². The van der Waals surface area contributed by atoms with E-state index in [4.69, 9.17) is 29.4 Å². The minimum Gasteiger partial charge on any atom is -1.00 e. The van der Waals surface area contributed by atoms with Crippen molar-refractivity contribution in [1.82, 2.24) is 19.9 Å². The summed E-state index contributed by atoms with van der Waals surface area (Å²) in [5.74, 6) is -0.558. The van der Waals surface area contributed by atoms with Crippen LogP contribution in [0.15, 0.2) is 30.3 Å². The summed E-state index contributed by atoms with van der Waals surface area (Å²) in [5, 5.41) is 0. The third kappa shape index (κ3) is 6.70. The predicted molar refractivity (Wildman–Crippen MR) is 156 cm³/mol. The fourth-order valence-corrected chi connectivity index (χ4v) is 5.15. The number of hydrogen-bond acceptors (Lipinski definition) is 6. The molecule has 3 aromatic rings. The maximum atomic E-state index is 12.0. The Hall–Kier alpha value is -3.65. The number of halogens is 1. The van der Waals surface area contributed by atoms with Crippen molar-refractivity contribution in [3.8, 4) is 0 Å². The number of nitrogens with zero attached hydrogens (tertiary/aromatic N) is 4. The van der Waals surface area contributed by atoms with Gasteiger partial charge in [0, 0.05) is 12.8 Å². The van der Waals surface area contributed by atoms with E-state index in [-0.39, 0.29) is 54.3 Å². The Morgan fingerprint density at radius 2 is 1.43 bits per heavy atom. The van der Waals surface area contributed by atoms with E-state index in [1.165, 1.54) is 14.2 Å². The second kappa shape index (κ2) is 13.5. The maximum Gasteiger partial charge on any atom is 2.00 e. The number of methoxy groups -OCH3 is 2. The molecule has 0 aromatic carbocycles. The molecule has 8 bridgehead atoms. The van der Waals surface area contributed by atoms with Crippen LogP contribution in [0.2, 0.25) is 0 Å². The SMILES string of the molecule is COC(=O)CCC1=C(C)c2cc3[n-]c(cc4nc(cc5[n-]c(cc1n2)c(CCC(=O)OC)c5C)C=C4C)cc3C.[Cl-].[Mn+2]. The molecule has 10 heteroatoms. The molecule has 219 valence electrons. The van der Waals surface area contributed by atoms with Crippen LogP contribution in [0.1, 0.15) is 72.6 Å². The van der Waals surface area contributed by atoms with Crippen molar-refractivity contribution >= 4 is 56.8 Å². The van der Waals surface area contributed by atoms with E-state index in [9.17, 15) is 9.59 Å². The molecule has 42 heavy (non-hydrogen) atoms. The molecule has 0 fully saturated rings. The summed E-state index contributed by atoms with van der Waals surface area (Å²) in [6, 6.07) is 9.96. The van der Waals surface area contributed by atoms with E-state index in [1.54, 1.807) is 0 Å². The monoisotopic (exact) mass is 626 g/mol. The maximum absolute atomic E-state index is 12.0. The Balaban J connectivity index is 0.00000242. The molecule has 0 saturated heterocycles. The number of allylic oxidation sites excluding steroid dienone is 3. The van der Waals surface area contributed by atoms with Gasteiger partial charge in [0.25, 0.3) is 0 Å². The van der Waals surface area contributed by atoms with Crippen LogP contribution in [0.25, 0.3) is 44.9 Å². The second-order valence-corrected chi connectivity index (χ2v) is 10.2. The van der Waals surface area contributed by atoms with Crippen molar-refractivity contribution in [2.24, 2.45) is 0 Å². The molecule has 2 aliphatic heterocycles. The van der Waals surface area contributed by atoms with Crippen LogP contribution in [-0.4, -0.2) is 36.1 Å². The quantitative estimate of drug-likeness (QED) is 0.304. The standard InChI is InChI=1S/C32H32N4O4.ClH.Mn/c1-17-11-22-14-27-19(3)23(7-9-31(37)39-5)29(35-27)16-30-24(8-10-32(38)40-6)20(4)28(36-30)15-26-18(2)12-21(34-26)13-25(17)33-22;;/h11-16H,7-10H2,1-6H3;1H;/q-2;;+2/p-1. The average molecular weight is 627 g/mol. The van der Waals surface area contributed by atoms with E-state index in [1.807, 2.05) is 64.1 Å². The third-order valence-electron chi connectivity index (χ3n) is 7.54. The molecule has 0 spiro atoms.